The van der Waals surface area contributed by atoms with Crippen molar-refractivity contribution in [1.82, 2.24) is 0 Å². The predicted molar refractivity (Wildman–Crippen MR) is 77.3 cm³/mol. The van der Waals surface area contributed by atoms with Crippen LogP contribution in [0.3, 0.4) is 0 Å². The predicted octanol–water partition coefficient (Wildman–Crippen LogP) is 1.46. The van der Waals surface area contributed by atoms with Gasteiger partial charge in [-0.1, -0.05) is 24.8 Å². The Morgan fingerprint density at radius 3 is 2.80 bits per heavy atom. The zero-order valence-electron chi connectivity index (χ0n) is 11.1. The first kappa shape index (κ1) is 16.0. The molecule has 1 aromatic rings. The Labute approximate surface area is 119 Å². The highest BCUT2D eigenvalue weighted by Crippen LogP contribution is 2.15. The van der Waals surface area contributed by atoms with Crippen LogP contribution >= 0.6 is 0 Å². The van der Waals surface area contributed by atoms with E-state index < -0.39 is 15.3 Å². The van der Waals surface area contributed by atoms with Gasteiger partial charge in [0.25, 0.3) is 0 Å². The highest BCUT2D eigenvalue weighted by atomic mass is 32.2. The second kappa shape index (κ2) is 7.54. The largest absolute Gasteiger partial charge is 0.395 e. The van der Waals surface area contributed by atoms with Gasteiger partial charge in [0.2, 0.25) is 10.0 Å². The van der Waals surface area contributed by atoms with Crippen LogP contribution in [0.5, 0.6) is 0 Å². The maximum absolute atomic E-state index is 11.9. The first-order valence-electron chi connectivity index (χ1n) is 6.14. The topological polar surface area (TPSA) is 90.2 Å². The highest BCUT2D eigenvalue weighted by Gasteiger charge is 2.23. The Morgan fingerprint density at radius 1 is 1.45 bits per heavy atom. The van der Waals surface area contributed by atoms with Crippen LogP contribution in [-0.4, -0.2) is 25.4 Å². The van der Waals surface area contributed by atoms with Crippen molar-refractivity contribution in [2.24, 2.45) is 0 Å². The van der Waals surface area contributed by atoms with Gasteiger partial charge in [-0.25, -0.2) is 8.42 Å². The van der Waals surface area contributed by atoms with Crippen LogP contribution in [0.15, 0.2) is 24.3 Å². The van der Waals surface area contributed by atoms with Gasteiger partial charge in [0, 0.05) is 17.7 Å². The van der Waals surface area contributed by atoms with E-state index in [2.05, 4.69) is 16.6 Å². The van der Waals surface area contributed by atoms with E-state index in [0.29, 0.717) is 17.7 Å². The molecule has 0 fully saturated rings. The van der Waals surface area contributed by atoms with Crippen LogP contribution in [0.1, 0.15) is 25.3 Å². The van der Waals surface area contributed by atoms with Gasteiger partial charge in [0.1, 0.15) is 0 Å². The monoisotopic (exact) mass is 292 g/mol. The number of hydrogen-bond acceptors (Lipinski definition) is 4. The molecule has 0 saturated carbocycles. The molecule has 0 amide bonds. The fourth-order valence-electron chi connectivity index (χ4n) is 1.50. The third-order valence-electron chi connectivity index (χ3n) is 2.48. The molecular formula is C14H16N2O3S. The van der Waals surface area contributed by atoms with Crippen LogP contribution in [0.2, 0.25) is 0 Å². The molecule has 1 unspecified atom stereocenters. The molecule has 20 heavy (non-hydrogen) atoms. The number of benzene rings is 1. The van der Waals surface area contributed by atoms with Gasteiger partial charge in [-0.15, -0.1) is 0 Å². The fraction of sp³-hybridized carbons (Fsp3) is 0.357. The summed E-state index contributed by atoms with van der Waals surface area (Å²) in [5.41, 5.74) is 1.01. The normalized spacial score (nSPS) is 11.8. The van der Waals surface area contributed by atoms with Crippen molar-refractivity contribution in [3.63, 3.8) is 0 Å². The van der Waals surface area contributed by atoms with Crippen LogP contribution in [0.4, 0.5) is 5.69 Å². The average Bonchev–Trinajstić information content (AvgIpc) is 2.40. The Bertz CT molecular complexity index is 651. The first-order chi connectivity index (χ1) is 9.53. The summed E-state index contributed by atoms with van der Waals surface area (Å²) >= 11 is 0. The Morgan fingerprint density at radius 2 is 2.20 bits per heavy atom. The Balaban J connectivity index is 2.92. The molecule has 1 atom stereocenters. The van der Waals surface area contributed by atoms with Crippen LogP contribution in [-0.2, 0) is 10.0 Å². The standard InChI is InChI=1S/C14H16N2O3S/c1-2-14(11-15)20(18,19)16-13-8-5-7-12(10-13)6-3-4-9-17/h5,7-8,10,14,16-17H,2,4,9H2,1H3. The van der Waals surface area contributed by atoms with E-state index in [1.807, 2.05) is 0 Å². The molecule has 0 bridgehead atoms. The number of nitriles is 1. The maximum Gasteiger partial charge on any atom is 0.249 e. The number of anilines is 1. The van der Waals surface area contributed by atoms with E-state index in [0.717, 1.165) is 0 Å². The second-order valence-electron chi connectivity index (χ2n) is 4.03. The van der Waals surface area contributed by atoms with Gasteiger partial charge < -0.3 is 5.11 Å². The molecule has 5 nitrogen and oxygen atoms in total. The molecule has 0 aliphatic rings. The molecule has 1 aromatic carbocycles. The van der Waals surface area contributed by atoms with Gasteiger partial charge >= 0.3 is 0 Å². The van der Waals surface area contributed by atoms with E-state index in [4.69, 9.17) is 10.4 Å². The molecule has 0 aliphatic carbocycles. The lowest BCUT2D eigenvalue weighted by molar-refractivity contribution is 0.305. The number of aliphatic hydroxyl groups is 1. The summed E-state index contributed by atoms with van der Waals surface area (Å²) in [5.74, 6) is 5.58. The molecule has 0 radical (unpaired) electrons. The second-order valence-corrected chi connectivity index (χ2v) is 5.89. The quantitative estimate of drug-likeness (QED) is 0.804. The number of rotatable bonds is 5. The first-order valence-corrected chi connectivity index (χ1v) is 7.69. The lowest BCUT2D eigenvalue weighted by Gasteiger charge is -2.11. The molecular weight excluding hydrogens is 276 g/mol. The molecule has 1 rings (SSSR count). The highest BCUT2D eigenvalue weighted by molar-refractivity contribution is 7.93. The minimum absolute atomic E-state index is 0.0142. The number of nitrogens with one attached hydrogen (secondary N) is 1. The van der Waals surface area contributed by atoms with Crippen LogP contribution < -0.4 is 4.72 Å². The lowest BCUT2D eigenvalue weighted by Crippen LogP contribution is -2.25. The average molecular weight is 292 g/mol. The van der Waals surface area contributed by atoms with Gasteiger partial charge in [-0.2, -0.15) is 5.26 Å². The zero-order chi connectivity index (χ0) is 15.0. The molecule has 0 heterocycles. The Hall–Kier alpha value is -2.02. The molecule has 0 aromatic heterocycles. The van der Waals surface area contributed by atoms with Crippen LogP contribution in [0.25, 0.3) is 0 Å². The van der Waals surface area contributed by atoms with Crippen molar-refractivity contribution in [2.45, 2.75) is 25.0 Å². The molecule has 2 N–H and O–H groups in total. The third kappa shape index (κ3) is 4.58. The van der Waals surface area contributed by atoms with Crippen molar-refractivity contribution in [2.75, 3.05) is 11.3 Å². The number of nitrogens with zero attached hydrogens (tertiary/aromatic N) is 1. The number of hydrogen-bond donors (Lipinski definition) is 2. The maximum atomic E-state index is 11.9. The van der Waals surface area contributed by atoms with Gasteiger partial charge in [0.15, 0.2) is 5.25 Å². The number of sulfonamides is 1. The smallest absolute Gasteiger partial charge is 0.249 e. The summed E-state index contributed by atoms with van der Waals surface area (Å²) in [6, 6.07) is 8.36. The molecule has 0 spiro atoms. The lowest BCUT2D eigenvalue weighted by atomic mass is 10.2. The summed E-state index contributed by atoms with van der Waals surface area (Å²) in [6.45, 7) is 1.63. The van der Waals surface area contributed by atoms with Crippen molar-refractivity contribution < 1.29 is 13.5 Å². The Kier molecular flexibility index (Phi) is 6.05. The summed E-state index contributed by atoms with van der Waals surface area (Å²) in [4.78, 5) is 0. The van der Waals surface area contributed by atoms with E-state index in [1.54, 1.807) is 37.3 Å². The van der Waals surface area contributed by atoms with E-state index in [-0.39, 0.29) is 13.0 Å². The summed E-state index contributed by atoms with van der Waals surface area (Å²) < 4.78 is 26.2. The minimum Gasteiger partial charge on any atom is -0.395 e. The molecule has 0 aliphatic heterocycles. The van der Waals surface area contributed by atoms with E-state index in [1.165, 1.54) is 0 Å². The van der Waals surface area contributed by atoms with Gasteiger partial charge in [-0.3, -0.25) is 4.72 Å². The SMILES string of the molecule is CCC(C#N)S(=O)(=O)Nc1cccc(C#CCCO)c1. The summed E-state index contributed by atoms with van der Waals surface area (Å²) in [6.07, 6.45) is 0.587. The van der Waals surface area contributed by atoms with E-state index in [9.17, 15) is 8.42 Å². The van der Waals surface area contributed by atoms with E-state index >= 15 is 0 Å². The molecule has 6 heteroatoms. The molecule has 106 valence electrons. The third-order valence-corrected chi connectivity index (χ3v) is 4.19. The van der Waals surface area contributed by atoms with Crippen molar-refractivity contribution >= 4 is 15.7 Å². The van der Waals surface area contributed by atoms with Gasteiger partial charge in [-0.05, 0) is 24.6 Å². The zero-order valence-corrected chi connectivity index (χ0v) is 11.9. The van der Waals surface area contributed by atoms with Gasteiger partial charge in [0.05, 0.1) is 12.7 Å². The molecule has 0 saturated heterocycles. The number of aliphatic hydroxyl groups excluding tert-OH is 1. The summed E-state index contributed by atoms with van der Waals surface area (Å²) in [7, 11) is -3.72. The van der Waals surface area contributed by atoms with Crippen LogP contribution in [0, 0.1) is 23.2 Å². The minimum atomic E-state index is -3.72. The van der Waals surface area contributed by atoms with Crippen molar-refractivity contribution in [3.05, 3.63) is 29.8 Å². The van der Waals surface area contributed by atoms with Crippen molar-refractivity contribution in [3.8, 4) is 17.9 Å². The van der Waals surface area contributed by atoms with Crippen molar-refractivity contribution in [1.29, 1.82) is 5.26 Å². The summed E-state index contributed by atoms with van der Waals surface area (Å²) in [5, 5.41) is 16.4. The fourth-order valence-corrected chi connectivity index (χ4v) is 2.67.